The number of hydrogen-bond donors (Lipinski definition) is 0. The summed E-state index contributed by atoms with van der Waals surface area (Å²) >= 11 is 0. The molecule has 0 rings (SSSR count). The molecule has 12 heavy (non-hydrogen) atoms. The molecule has 72 valence electrons. The average molecular weight is 172 g/mol. The lowest BCUT2D eigenvalue weighted by atomic mass is 10.2. The summed E-state index contributed by atoms with van der Waals surface area (Å²) in [4.78, 5) is 0. The second kappa shape index (κ2) is 7.32. The Kier molecular flexibility index (Phi) is 7.11. The first-order chi connectivity index (χ1) is 5.70. The summed E-state index contributed by atoms with van der Waals surface area (Å²) in [6.07, 6.45) is 2.93. The lowest BCUT2D eigenvalue weighted by molar-refractivity contribution is -0.133. The maximum Gasteiger partial charge on any atom is 0.160 e. The van der Waals surface area contributed by atoms with Crippen molar-refractivity contribution in [3.8, 4) is 0 Å². The SMILES string of the molecule is CCOC(CC=C(C)C)OCC. The van der Waals surface area contributed by atoms with E-state index in [0.717, 1.165) is 6.42 Å². The molecule has 0 saturated carbocycles. The monoisotopic (exact) mass is 172 g/mol. The highest BCUT2D eigenvalue weighted by Gasteiger charge is 2.04. The summed E-state index contributed by atoms with van der Waals surface area (Å²) in [5.74, 6) is 0. The Bertz CT molecular complexity index is 120. The summed E-state index contributed by atoms with van der Waals surface area (Å²) in [7, 11) is 0. The van der Waals surface area contributed by atoms with Crippen molar-refractivity contribution in [3.63, 3.8) is 0 Å². The minimum absolute atomic E-state index is 0.0603. The van der Waals surface area contributed by atoms with Gasteiger partial charge in [0.15, 0.2) is 6.29 Å². The molecule has 0 fully saturated rings. The van der Waals surface area contributed by atoms with E-state index in [-0.39, 0.29) is 6.29 Å². The number of allylic oxidation sites excluding steroid dienone is 1. The van der Waals surface area contributed by atoms with Gasteiger partial charge in [0, 0.05) is 19.6 Å². The molecule has 0 aliphatic carbocycles. The molecule has 0 spiro atoms. The van der Waals surface area contributed by atoms with E-state index in [9.17, 15) is 0 Å². The number of hydrogen-bond acceptors (Lipinski definition) is 2. The van der Waals surface area contributed by atoms with Crippen LogP contribution in [0, 0.1) is 0 Å². The van der Waals surface area contributed by atoms with Crippen LogP contribution < -0.4 is 0 Å². The van der Waals surface area contributed by atoms with Gasteiger partial charge < -0.3 is 9.47 Å². The zero-order chi connectivity index (χ0) is 9.40. The summed E-state index contributed by atoms with van der Waals surface area (Å²) in [5, 5.41) is 0. The van der Waals surface area contributed by atoms with Gasteiger partial charge in [-0.25, -0.2) is 0 Å². The standard InChI is InChI=1S/C10H20O2/c1-5-11-10(12-6-2)8-7-9(3)4/h7,10H,5-6,8H2,1-4H3. The molecule has 0 amide bonds. The van der Waals surface area contributed by atoms with Gasteiger partial charge in [0.25, 0.3) is 0 Å². The zero-order valence-corrected chi connectivity index (χ0v) is 8.59. The van der Waals surface area contributed by atoms with E-state index in [2.05, 4.69) is 19.9 Å². The van der Waals surface area contributed by atoms with Crippen LogP contribution in [0.3, 0.4) is 0 Å². The van der Waals surface area contributed by atoms with E-state index in [0.29, 0.717) is 13.2 Å². The van der Waals surface area contributed by atoms with E-state index in [1.165, 1.54) is 5.57 Å². The van der Waals surface area contributed by atoms with Crippen molar-refractivity contribution in [1.29, 1.82) is 0 Å². The molecule has 0 atom stereocenters. The highest BCUT2D eigenvalue weighted by Crippen LogP contribution is 2.04. The fraction of sp³-hybridized carbons (Fsp3) is 0.800. The molecule has 0 saturated heterocycles. The molecule has 2 heteroatoms. The Morgan fingerprint density at radius 1 is 1.17 bits per heavy atom. The molecule has 0 unspecified atom stereocenters. The number of ether oxygens (including phenoxy) is 2. The van der Waals surface area contributed by atoms with Gasteiger partial charge >= 0.3 is 0 Å². The summed E-state index contributed by atoms with van der Waals surface area (Å²) < 4.78 is 10.7. The first kappa shape index (κ1) is 11.7. The predicted molar refractivity (Wildman–Crippen MR) is 51.1 cm³/mol. The third kappa shape index (κ3) is 6.38. The van der Waals surface area contributed by atoms with Crippen LogP contribution in [0.1, 0.15) is 34.1 Å². The Hall–Kier alpha value is -0.340. The first-order valence-electron chi connectivity index (χ1n) is 4.57. The van der Waals surface area contributed by atoms with Crippen molar-refractivity contribution in [2.45, 2.75) is 40.4 Å². The van der Waals surface area contributed by atoms with Gasteiger partial charge in [-0.05, 0) is 27.7 Å². The maximum absolute atomic E-state index is 5.37. The van der Waals surface area contributed by atoms with Crippen molar-refractivity contribution in [3.05, 3.63) is 11.6 Å². The van der Waals surface area contributed by atoms with Crippen molar-refractivity contribution in [2.24, 2.45) is 0 Å². The Balaban J connectivity index is 3.69. The third-order valence-corrected chi connectivity index (χ3v) is 1.42. The van der Waals surface area contributed by atoms with E-state index in [4.69, 9.17) is 9.47 Å². The van der Waals surface area contributed by atoms with Crippen LogP contribution in [-0.2, 0) is 9.47 Å². The second-order valence-electron chi connectivity index (χ2n) is 2.86. The molecule has 0 aromatic rings. The molecule has 0 bridgehead atoms. The van der Waals surface area contributed by atoms with Gasteiger partial charge in [0.2, 0.25) is 0 Å². The van der Waals surface area contributed by atoms with Gasteiger partial charge in [-0.2, -0.15) is 0 Å². The molecule has 0 aromatic heterocycles. The van der Waals surface area contributed by atoms with Crippen LogP contribution in [-0.4, -0.2) is 19.5 Å². The van der Waals surface area contributed by atoms with Crippen LogP contribution in [0.5, 0.6) is 0 Å². The van der Waals surface area contributed by atoms with Crippen LogP contribution in [0.4, 0.5) is 0 Å². The summed E-state index contributed by atoms with van der Waals surface area (Å²) in [5.41, 5.74) is 1.31. The van der Waals surface area contributed by atoms with Gasteiger partial charge in [-0.1, -0.05) is 11.6 Å². The molecular formula is C10H20O2. The van der Waals surface area contributed by atoms with Crippen LogP contribution in [0.2, 0.25) is 0 Å². The minimum Gasteiger partial charge on any atom is -0.353 e. The largest absolute Gasteiger partial charge is 0.353 e. The van der Waals surface area contributed by atoms with Crippen molar-refractivity contribution in [1.82, 2.24) is 0 Å². The lowest BCUT2D eigenvalue weighted by Gasteiger charge is -2.14. The van der Waals surface area contributed by atoms with Crippen molar-refractivity contribution >= 4 is 0 Å². The molecule has 0 aromatic carbocycles. The van der Waals surface area contributed by atoms with E-state index in [1.807, 2.05) is 13.8 Å². The Morgan fingerprint density at radius 3 is 2.00 bits per heavy atom. The fourth-order valence-corrected chi connectivity index (χ4v) is 0.888. The maximum atomic E-state index is 5.37. The first-order valence-corrected chi connectivity index (χ1v) is 4.57. The molecule has 0 heterocycles. The topological polar surface area (TPSA) is 18.5 Å². The van der Waals surface area contributed by atoms with Gasteiger partial charge in [-0.3, -0.25) is 0 Å². The quantitative estimate of drug-likeness (QED) is 0.453. The molecular weight excluding hydrogens is 152 g/mol. The van der Waals surface area contributed by atoms with E-state index >= 15 is 0 Å². The van der Waals surface area contributed by atoms with Crippen LogP contribution >= 0.6 is 0 Å². The van der Waals surface area contributed by atoms with Crippen LogP contribution in [0.15, 0.2) is 11.6 Å². The summed E-state index contributed by atoms with van der Waals surface area (Å²) in [6, 6.07) is 0. The van der Waals surface area contributed by atoms with Gasteiger partial charge in [0.1, 0.15) is 0 Å². The highest BCUT2D eigenvalue weighted by atomic mass is 16.7. The van der Waals surface area contributed by atoms with E-state index < -0.39 is 0 Å². The zero-order valence-electron chi connectivity index (χ0n) is 8.59. The predicted octanol–water partition coefficient (Wildman–Crippen LogP) is 2.74. The van der Waals surface area contributed by atoms with E-state index in [1.54, 1.807) is 0 Å². The lowest BCUT2D eigenvalue weighted by Crippen LogP contribution is -2.16. The van der Waals surface area contributed by atoms with Gasteiger partial charge in [0.05, 0.1) is 0 Å². The second-order valence-corrected chi connectivity index (χ2v) is 2.86. The molecule has 0 N–H and O–H groups in total. The van der Waals surface area contributed by atoms with Gasteiger partial charge in [-0.15, -0.1) is 0 Å². The molecule has 0 radical (unpaired) electrons. The average Bonchev–Trinajstić information content (AvgIpc) is 2.01. The third-order valence-electron chi connectivity index (χ3n) is 1.42. The normalized spacial score (nSPS) is 10.4. The number of rotatable bonds is 6. The molecule has 0 aliphatic rings. The Labute approximate surface area is 75.6 Å². The highest BCUT2D eigenvalue weighted by molar-refractivity contribution is 4.93. The molecule has 2 nitrogen and oxygen atoms in total. The van der Waals surface area contributed by atoms with Crippen molar-refractivity contribution in [2.75, 3.05) is 13.2 Å². The smallest absolute Gasteiger partial charge is 0.160 e. The molecule has 0 aliphatic heterocycles. The van der Waals surface area contributed by atoms with Crippen molar-refractivity contribution < 1.29 is 9.47 Å². The minimum atomic E-state index is -0.0603. The Morgan fingerprint density at radius 2 is 1.67 bits per heavy atom. The fourth-order valence-electron chi connectivity index (χ4n) is 0.888. The van der Waals surface area contributed by atoms with Crippen LogP contribution in [0.25, 0.3) is 0 Å². The summed E-state index contributed by atoms with van der Waals surface area (Å²) in [6.45, 7) is 9.54.